The Morgan fingerprint density at radius 1 is 0.458 bits per heavy atom. The van der Waals surface area contributed by atoms with E-state index in [0.717, 1.165) is 0 Å². The Balaban J connectivity index is 0.00000108. The van der Waals surface area contributed by atoms with Gasteiger partial charge in [-0.2, -0.15) is 0 Å². The Kier molecular flexibility index (Phi) is 23.4. The van der Waals surface area contributed by atoms with Gasteiger partial charge in [-0.3, -0.25) is 0 Å². The molecule has 59 heavy (non-hydrogen) atoms. The van der Waals surface area contributed by atoms with Crippen molar-refractivity contribution in [1.82, 2.24) is 0 Å². The molecule has 0 saturated heterocycles. The molecule has 4 nitrogen and oxygen atoms in total. The number of benzene rings is 6. The Morgan fingerprint density at radius 3 is 0.814 bits per heavy atom. The van der Waals surface area contributed by atoms with Gasteiger partial charge >= 0.3 is 0 Å². The topological polar surface area (TPSA) is 74.3 Å². The molecular weight excluding hydrogens is 911 g/mol. The number of rotatable bonds is 18. The van der Waals surface area contributed by atoms with Crippen LogP contribution in [-0.2, 0) is 34.4 Å². The molecule has 6 rings (SSSR count). The fraction of sp³-hybridized carbons (Fsp3) is 0.245. The molecule has 0 aromatic heterocycles. The molecule has 10 heteroatoms. The van der Waals surface area contributed by atoms with Gasteiger partial charge in [-0.1, -0.05) is 196 Å². The fourth-order valence-electron chi connectivity index (χ4n) is 7.01. The maximum absolute atomic E-state index is 9.08. The summed E-state index contributed by atoms with van der Waals surface area (Å²) in [6, 6.07) is 68.7. The molecule has 0 aliphatic rings. The van der Waals surface area contributed by atoms with Crippen LogP contribution in [0.1, 0.15) is 20.3 Å². The predicted octanol–water partition coefficient (Wildman–Crippen LogP) is 9.42. The standard InChI is InChI=1S/C47H53P4.CH4O3S.CH2O.Rh/c1-41(2)33-37-51(38-34-48(42-21-9-3-10-22-42)43-23-11-4-12-24-43,39-35-49(44-25-13-5-14-26-44)45-27-15-6-16-28-45)40-36-50(46-29-17-7-18-30-46)47-31-19-8-20-32-47;1-5(2,3)4;1-2;/h3-32,41H,33-40H2,1-2H3;1H3,(H,2,3,4);1H2;/q+1;;;/p-1. The first-order valence-corrected chi connectivity index (χ1v) is 28.7. The van der Waals surface area contributed by atoms with Crippen molar-refractivity contribution >= 4 is 79.8 Å². The van der Waals surface area contributed by atoms with Crippen LogP contribution >= 0.6 is 31.0 Å². The van der Waals surface area contributed by atoms with Crippen LogP contribution in [0, 0.1) is 5.92 Å². The van der Waals surface area contributed by atoms with Crippen molar-refractivity contribution in [3.8, 4) is 0 Å². The average Bonchev–Trinajstić information content (AvgIpc) is 3.25. The second-order valence-corrected chi connectivity index (χ2v) is 27.5. The maximum atomic E-state index is 9.08. The van der Waals surface area contributed by atoms with E-state index in [0.29, 0.717) is 12.2 Å². The molecule has 0 atom stereocenters. The largest absolute Gasteiger partial charge is 0.748 e. The summed E-state index contributed by atoms with van der Waals surface area (Å²) in [5, 5.41) is 9.12. The van der Waals surface area contributed by atoms with Crippen LogP contribution in [-0.4, -0.2) is 69.1 Å². The number of carbonyl (C=O) groups is 1. The van der Waals surface area contributed by atoms with E-state index in [-0.39, 0.29) is 19.5 Å². The van der Waals surface area contributed by atoms with Crippen LogP contribution < -0.4 is 31.8 Å². The summed E-state index contributed by atoms with van der Waals surface area (Å²) >= 11 is 0. The van der Waals surface area contributed by atoms with E-state index in [1.54, 1.807) is 0 Å². The second kappa shape index (κ2) is 27.2. The molecule has 6 aromatic carbocycles. The summed E-state index contributed by atoms with van der Waals surface area (Å²) in [6.45, 7) is 6.88. The van der Waals surface area contributed by atoms with Gasteiger partial charge in [-0.25, -0.2) is 8.42 Å². The zero-order valence-corrected chi connectivity index (χ0v) is 40.5. The van der Waals surface area contributed by atoms with Crippen molar-refractivity contribution < 1.29 is 37.2 Å². The first-order chi connectivity index (χ1) is 28.1. The molecule has 6 aromatic rings. The van der Waals surface area contributed by atoms with Gasteiger partial charge in [0.1, 0.15) is 6.79 Å². The van der Waals surface area contributed by atoms with E-state index in [9.17, 15) is 0 Å². The molecular formula is C49H58O4P4RhS. The van der Waals surface area contributed by atoms with Crippen LogP contribution in [0.2, 0.25) is 0 Å². The minimum Gasteiger partial charge on any atom is -0.748 e. The zero-order valence-electron chi connectivity index (χ0n) is 34.4. The van der Waals surface area contributed by atoms with Crippen molar-refractivity contribution in [2.24, 2.45) is 5.92 Å². The predicted molar refractivity (Wildman–Crippen MR) is 260 cm³/mol. The summed E-state index contributed by atoms with van der Waals surface area (Å²) in [7, 11) is -6.59. The molecule has 0 unspecified atom stereocenters. The van der Waals surface area contributed by atoms with Gasteiger partial charge in [-0.05, 0) is 67.9 Å². The van der Waals surface area contributed by atoms with E-state index in [2.05, 4.69) is 196 Å². The van der Waals surface area contributed by atoms with Crippen LogP contribution in [0.3, 0.4) is 0 Å². The van der Waals surface area contributed by atoms with Gasteiger partial charge in [0, 0.05) is 51.5 Å². The molecule has 313 valence electrons. The van der Waals surface area contributed by atoms with Crippen molar-refractivity contribution in [2.75, 3.05) is 49.4 Å². The summed E-state index contributed by atoms with van der Waals surface area (Å²) < 4.78 is 27.2. The Hall–Kier alpha value is -2.76. The van der Waals surface area contributed by atoms with Crippen molar-refractivity contribution in [3.05, 3.63) is 182 Å². The third-order valence-electron chi connectivity index (χ3n) is 9.98. The van der Waals surface area contributed by atoms with Gasteiger partial charge in [0.15, 0.2) is 0 Å². The zero-order chi connectivity index (χ0) is 41.6. The van der Waals surface area contributed by atoms with Crippen LogP contribution in [0.25, 0.3) is 0 Å². The van der Waals surface area contributed by atoms with E-state index >= 15 is 0 Å². The molecule has 1 radical (unpaired) electrons. The molecule has 0 heterocycles. The summed E-state index contributed by atoms with van der Waals surface area (Å²) in [5.41, 5.74) is 0. The molecule has 0 aliphatic carbocycles. The Labute approximate surface area is 372 Å². The van der Waals surface area contributed by atoms with E-state index < -0.39 is 41.1 Å². The summed E-state index contributed by atoms with van der Waals surface area (Å²) in [5.74, 6) is 0.712. The Morgan fingerprint density at radius 2 is 0.644 bits per heavy atom. The van der Waals surface area contributed by atoms with E-state index in [1.807, 2.05) is 6.79 Å². The quantitative estimate of drug-likeness (QED) is 0.0489. The average molecular weight is 970 g/mol. The van der Waals surface area contributed by atoms with Gasteiger partial charge in [-0.15, -0.1) is 0 Å². The maximum Gasteiger partial charge on any atom is 0.106 e. The SMILES string of the molecule is C=O.CC(C)CC[P+](CCP(c1ccccc1)c1ccccc1)(CCP(c1ccccc1)c1ccccc1)CCP(c1ccccc1)c1ccccc1.CS(=O)(=O)[O-].[Rh]. The van der Waals surface area contributed by atoms with Gasteiger partial charge in [0.25, 0.3) is 0 Å². The van der Waals surface area contributed by atoms with Crippen LogP contribution in [0.4, 0.5) is 0 Å². The smallest absolute Gasteiger partial charge is 0.106 e. The minimum absolute atomic E-state index is 0. The molecule has 0 amide bonds. The minimum atomic E-state index is -3.92. The molecule has 0 fully saturated rings. The van der Waals surface area contributed by atoms with Crippen molar-refractivity contribution in [2.45, 2.75) is 20.3 Å². The third-order valence-corrected chi connectivity index (χ3v) is 23.3. The van der Waals surface area contributed by atoms with Gasteiger partial charge in [0.2, 0.25) is 0 Å². The van der Waals surface area contributed by atoms with Crippen molar-refractivity contribution in [3.63, 3.8) is 0 Å². The number of hydrogen-bond donors (Lipinski definition) is 0. The summed E-state index contributed by atoms with van der Waals surface area (Å²) in [6.07, 6.45) is 11.3. The first kappa shape index (κ1) is 50.6. The third kappa shape index (κ3) is 18.0. The molecule has 0 aliphatic heterocycles. The normalized spacial score (nSPS) is 11.3. The summed E-state index contributed by atoms with van der Waals surface area (Å²) in [4.78, 5) is 8.00. The fourth-order valence-corrected chi connectivity index (χ4v) is 22.5. The molecule has 0 N–H and O–H groups in total. The van der Waals surface area contributed by atoms with Crippen LogP contribution in [0.15, 0.2) is 182 Å². The second-order valence-electron chi connectivity index (χ2n) is 14.6. The first-order valence-electron chi connectivity index (χ1n) is 19.8. The Bertz CT molecular complexity index is 1770. The monoisotopic (exact) mass is 969 g/mol. The molecule has 0 bridgehead atoms. The van der Waals surface area contributed by atoms with Crippen molar-refractivity contribution in [1.29, 1.82) is 0 Å². The van der Waals surface area contributed by atoms with E-state index in [4.69, 9.17) is 17.8 Å². The molecule has 0 saturated carbocycles. The van der Waals surface area contributed by atoms with Gasteiger partial charge in [0.05, 0.1) is 34.8 Å². The number of hydrogen-bond acceptors (Lipinski definition) is 4. The van der Waals surface area contributed by atoms with Gasteiger partial charge < -0.3 is 9.35 Å². The number of carbonyl (C=O) groups excluding carboxylic acids is 1. The van der Waals surface area contributed by atoms with Crippen LogP contribution in [0.5, 0.6) is 0 Å². The molecule has 0 spiro atoms. The van der Waals surface area contributed by atoms with E-state index in [1.165, 1.54) is 81.4 Å².